The van der Waals surface area contributed by atoms with Gasteiger partial charge in [0.1, 0.15) is 6.10 Å². The lowest BCUT2D eigenvalue weighted by Crippen LogP contribution is -2.47. The van der Waals surface area contributed by atoms with E-state index in [2.05, 4.69) is 0 Å². The maximum atomic E-state index is 11.5. The molecule has 20 heavy (non-hydrogen) atoms. The summed E-state index contributed by atoms with van der Waals surface area (Å²) in [6, 6.07) is 9.11. The Labute approximate surface area is 115 Å². The number of aliphatic carboxylic acids is 1. The van der Waals surface area contributed by atoms with E-state index in [4.69, 9.17) is 0 Å². The first-order valence-corrected chi connectivity index (χ1v) is 6.31. The van der Waals surface area contributed by atoms with Crippen LogP contribution in [0.1, 0.15) is 16.7 Å². The third-order valence-corrected chi connectivity index (χ3v) is 3.88. The Morgan fingerprint density at radius 1 is 1.25 bits per heavy atom. The number of carboxylic acids is 1. The molecule has 1 aliphatic carbocycles. The zero-order valence-corrected chi connectivity index (χ0v) is 10.9. The third kappa shape index (κ3) is 1.52. The van der Waals surface area contributed by atoms with Gasteiger partial charge in [-0.2, -0.15) is 0 Å². The number of aliphatic hydroxyl groups is 2. The molecule has 0 fully saturated rings. The molecular formula is C16H14O4. The van der Waals surface area contributed by atoms with Crippen molar-refractivity contribution in [3.05, 3.63) is 53.1 Å². The topological polar surface area (TPSA) is 77.8 Å². The van der Waals surface area contributed by atoms with Crippen molar-refractivity contribution in [3.8, 4) is 0 Å². The van der Waals surface area contributed by atoms with Gasteiger partial charge in [-0.3, -0.25) is 0 Å². The third-order valence-electron chi connectivity index (χ3n) is 3.88. The van der Waals surface area contributed by atoms with Gasteiger partial charge in [-0.25, -0.2) is 4.79 Å². The lowest BCUT2D eigenvalue weighted by molar-refractivity contribution is -0.169. The summed E-state index contributed by atoms with van der Waals surface area (Å²) in [5.74, 6) is -1.45. The molecular weight excluding hydrogens is 256 g/mol. The van der Waals surface area contributed by atoms with Gasteiger partial charge in [-0.05, 0) is 28.8 Å². The van der Waals surface area contributed by atoms with Gasteiger partial charge in [0, 0.05) is 5.56 Å². The van der Waals surface area contributed by atoms with Crippen molar-refractivity contribution in [2.24, 2.45) is 0 Å². The molecule has 2 unspecified atom stereocenters. The summed E-state index contributed by atoms with van der Waals surface area (Å²) in [6.45, 7) is 1.93. The van der Waals surface area contributed by atoms with Gasteiger partial charge in [0.25, 0.3) is 0 Å². The van der Waals surface area contributed by atoms with E-state index in [-0.39, 0.29) is 5.56 Å². The number of hydrogen-bond donors (Lipinski definition) is 3. The van der Waals surface area contributed by atoms with Crippen molar-refractivity contribution in [1.82, 2.24) is 0 Å². The Bertz CT molecular complexity index is 747. The second-order valence-corrected chi connectivity index (χ2v) is 5.08. The van der Waals surface area contributed by atoms with E-state index in [9.17, 15) is 20.1 Å². The van der Waals surface area contributed by atoms with Crippen LogP contribution in [0.25, 0.3) is 16.8 Å². The van der Waals surface area contributed by atoms with Crippen LogP contribution in [0.4, 0.5) is 0 Å². The average Bonchev–Trinajstić information content (AvgIpc) is 2.43. The molecule has 0 aromatic heterocycles. The zero-order chi connectivity index (χ0) is 14.5. The van der Waals surface area contributed by atoms with Gasteiger partial charge in [-0.1, -0.05) is 42.5 Å². The smallest absolute Gasteiger partial charge is 0.343 e. The average molecular weight is 270 g/mol. The second kappa shape index (κ2) is 4.16. The maximum absolute atomic E-state index is 11.5. The molecule has 2 atom stereocenters. The number of fused-ring (bicyclic) bond motifs is 3. The van der Waals surface area contributed by atoms with Crippen molar-refractivity contribution < 1.29 is 20.1 Å². The van der Waals surface area contributed by atoms with E-state index in [0.29, 0.717) is 10.9 Å². The normalized spacial score (nSPS) is 24.6. The minimum absolute atomic E-state index is 0.251. The highest BCUT2D eigenvalue weighted by Gasteiger charge is 2.48. The minimum Gasteiger partial charge on any atom is -0.479 e. The standard InChI is InChI=1S/C16H14O4/c1-9-8-10-6-7-13(17)16(20,15(18)19)14(10)12-5-3-2-4-11(9)12/h2-8,13,17,20H,1H3,(H,18,19). The molecule has 0 amide bonds. The molecule has 0 spiro atoms. The predicted octanol–water partition coefficient (Wildman–Crippen LogP) is 1.81. The van der Waals surface area contributed by atoms with Gasteiger partial charge in [0.2, 0.25) is 5.60 Å². The molecule has 0 bridgehead atoms. The van der Waals surface area contributed by atoms with Crippen molar-refractivity contribution >= 4 is 22.8 Å². The fraction of sp³-hybridized carbons (Fsp3) is 0.188. The largest absolute Gasteiger partial charge is 0.479 e. The van der Waals surface area contributed by atoms with Crippen LogP contribution in [-0.4, -0.2) is 27.4 Å². The quantitative estimate of drug-likeness (QED) is 0.738. The molecule has 0 radical (unpaired) electrons. The number of benzene rings is 2. The van der Waals surface area contributed by atoms with Crippen molar-refractivity contribution in [2.75, 3.05) is 0 Å². The lowest BCUT2D eigenvalue weighted by Gasteiger charge is -2.33. The Balaban J connectivity index is 2.49. The fourth-order valence-corrected chi connectivity index (χ4v) is 2.86. The van der Waals surface area contributed by atoms with Crippen LogP contribution < -0.4 is 0 Å². The van der Waals surface area contributed by atoms with Gasteiger partial charge < -0.3 is 15.3 Å². The second-order valence-electron chi connectivity index (χ2n) is 5.08. The molecule has 2 aromatic rings. The molecule has 102 valence electrons. The lowest BCUT2D eigenvalue weighted by atomic mass is 9.77. The Hall–Kier alpha value is -2.17. The van der Waals surface area contributed by atoms with Crippen LogP contribution in [0, 0.1) is 6.92 Å². The van der Waals surface area contributed by atoms with E-state index in [1.54, 1.807) is 18.2 Å². The van der Waals surface area contributed by atoms with Crippen LogP contribution in [0.5, 0.6) is 0 Å². The number of rotatable bonds is 1. The monoisotopic (exact) mass is 270 g/mol. The van der Waals surface area contributed by atoms with E-state index >= 15 is 0 Å². The molecule has 2 aromatic carbocycles. The van der Waals surface area contributed by atoms with Crippen molar-refractivity contribution in [2.45, 2.75) is 18.6 Å². The van der Waals surface area contributed by atoms with Crippen LogP contribution >= 0.6 is 0 Å². The highest BCUT2D eigenvalue weighted by molar-refractivity contribution is 5.98. The van der Waals surface area contributed by atoms with Gasteiger partial charge in [0.15, 0.2) is 0 Å². The first-order chi connectivity index (χ1) is 9.46. The molecule has 3 N–H and O–H groups in total. The molecule has 4 nitrogen and oxygen atoms in total. The Kier molecular flexibility index (Phi) is 2.67. The molecule has 3 rings (SSSR count). The highest BCUT2D eigenvalue weighted by Crippen LogP contribution is 2.40. The summed E-state index contributed by atoms with van der Waals surface area (Å²) in [5.41, 5.74) is -0.456. The number of aliphatic hydroxyl groups excluding tert-OH is 1. The summed E-state index contributed by atoms with van der Waals surface area (Å²) in [6.07, 6.45) is 1.49. The Morgan fingerprint density at radius 3 is 2.55 bits per heavy atom. The number of hydrogen-bond acceptors (Lipinski definition) is 3. The molecule has 0 aliphatic heterocycles. The highest BCUT2D eigenvalue weighted by atomic mass is 16.4. The SMILES string of the molecule is Cc1cc2c(c3ccccc13)C(O)(C(=O)O)C(O)C=C2. The minimum atomic E-state index is -2.32. The molecule has 0 heterocycles. The summed E-state index contributed by atoms with van der Waals surface area (Å²) >= 11 is 0. The van der Waals surface area contributed by atoms with Gasteiger partial charge >= 0.3 is 5.97 Å². The molecule has 1 aliphatic rings. The fourth-order valence-electron chi connectivity index (χ4n) is 2.86. The molecule has 0 saturated carbocycles. The van der Waals surface area contributed by atoms with Crippen molar-refractivity contribution in [3.63, 3.8) is 0 Å². The van der Waals surface area contributed by atoms with E-state index in [0.717, 1.165) is 10.9 Å². The first kappa shape index (κ1) is 12.8. The van der Waals surface area contributed by atoms with Crippen LogP contribution in [-0.2, 0) is 10.4 Å². The Morgan fingerprint density at radius 2 is 1.90 bits per heavy atom. The van der Waals surface area contributed by atoms with E-state index < -0.39 is 17.7 Å². The van der Waals surface area contributed by atoms with Crippen molar-refractivity contribution in [1.29, 1.82) is 0 Å². The summed E-state index contributed by atoms with van der Waals surface area (Å²) in [7, 11) is 0. The van der Waals surface area contributed by atoms with Crippen LogP contribution in [0.2, 0.25) is 0 Å². The maximum Gasteiger partial charge on any atom is 0.343 e. The van der Waals surface area contributed by atoms with Gasteiger partial charge in [0.05, 0.1) is 0 Å². The zero-order valence-electron chi connectivity index (χ0n) is 10.9. The predicted molar refractivity (Wildman–Crippen MR) is 75.3 cm³/mol. The van der Waals surface area contributed by atoms with Gasteiger partial charge in [-0.15, -0.1) is 0 Å². The number of carboxylic acid groups (broad SMARTS) is 1. The summed E-state index contributed by atoms with van der Waals surface area (Å²) in [4.78, 5) is 11.5. The van der Waals surface area contributed by atoms with Crippen LogP contribution in [0.15, 0.2) is 36.4 Å². The van der Waals surface area contributed by atoms with E-state index in [1.807, 2.05) is 25.1 Å². The number of carbonyl (C=O) groups is 1. The van der Waals surface area contributed by atoms with Crippen LogP contribution in [0.3, 0.4) is 0 Å². The summed E-state index contributed by atoms with van der Waals surface area (Å²) < 4.78 is 0. The summed E-state index contributed by atoms with van der Waals surface area (Å²) in [5, 5.41) is 31.4. The molecule has 4 heteroatoms. The number of aryl methyl sites for hydroxylation is 1. The van der Waals surface area contributed by atoms with E-state index in [1.165, 1.54) is 6.08 Å². The first-order valence-electron chi connectivity index (χ1n) is 6.31. The molecule has 0 saturated heterocycles.